The van der Waals surface area contributed by atoms with Gasteiger partial charge >= 0.3 is 5.97 Å². The van der Waals surface area contributed by atoms with Crippen molar-refractivity contribution in [1.82, 2.24) is 4.40 Å². The van der Waals surface area contributed by atoms with Gasteiger partial charge in [-0.25, -0.2) is 4.79 Å². The van der Waals surface area contributed by atoms with E-state index < -0.39 is 5.97 Å². The van der Waals surface area contributed by atoms with E-state index in [1.165, 1.54) is 23.1 Å². The molecule has 0 aliphatic rings. The first-order valence-electron chi connectivity index (χ1n) is 11.1. The average Bonchev–Trinajstić information content (AvgIpc) is 3.44. The van der Waals surface area contributed by atoms with Crippen molar-refractivity contribution >= 4 is 57.1 Å². The van der Waals surface area contributed by atoms with E-state index in [4.69, 9.17) is 4.74 Å². The van der Waals surface area contributed by atoms with E-state index in [1.54, 1.807) is 31.2 Å². The van der Waals surface area contributed by atoms with Crippen LogP contribution in [0.5, 0.6) is 0 Å². The second-order valence-electron chi connectivity index (χ2n) is 7.77. The van der Waals surface area contributed by atoms with Gasteiger partial charge in [0.05, 0.1) is 38.0 Å². The van der Waals surface area contributed by atoms with Crippen molar-refractivity contribution in [3.05, 3.63) is 107 Å². The summed E-state index contributed by atoms with van der Waals surface area (Å²) in [6, 6.07) is 23.7. The number of thiophene rings is 1. The summed E-state index contributed by atoms with van der Waals surface area (Å²) < 4.78 is 8.11. The zero-order valence-electron chi connectivity index (χ0n) is 18.9. The fourth-order valence-electron chi connectivity index (χ4n) is 4.05. The van der Waals surface area contributed by atoms with Gasteiger partial charge in [-0.1, -0.05) is 66.7 Å². The van der Waals surface area contributed by atoms with E-state index in [9.17, 15) is 14.4 Å². The molecule has 0 spiro atoms. The Kier molecular flexibility index (Phi) is 6.53. The number of Topliss-reactive ketones (excluding diaryl/α,β-unsaturated/α-hetero) is 1. The zero-order chi connectivity index (χ0) is 24.4. The van der Waals surface area contributed by atoms with Crippen LogP contribution in [0.4, 0.5) is 0 Å². The third-order valence-corrected chi connectivity index (χ3v) is 8.05. The Labute approximate surface area is 210 Å². The van der Waals surface area contributed by atoms with Crippen molar-refractivity contribution in [3.8, 4) is 0 Å². The number of ether oxygens (including phenoxy) is 1. The molecule has 0 atom stereocenters. The van der Waals surface area contributed by atoms with Gasteiger partial charge in [0, 0.05) is 22.7 Å². The van der Waals surface area contributed by atoms with Crippen LogP contribution in [0.25, 0.3) is 16.4 Å². The first kappa shape index (κ1) is 23.1. The molecule has 5 nitrogen and oxygen atoms in total. The third kappa shape index (κ3) is 4.29. The van der Waals surface area contributed by atoms with E-state index in [0.29, 0.717) is 32.5 Å². The molecule has 0 saturated heterocycles. The number of ketones is 2. The minimum Gasteiger partial charge on any atom is -0.462 e. The highest BCUT2D eigenvalue weighted by atomic mass is 32.2. The molecule has 7 heteroatoms. The number of hydrogen-bond acceptors (Lipinski definition) is 6. The molecular formula is C28H21NO4S2. The zero-order valence-corrected chi connectivity index (χ0v) is 20.5. The Bertz CT molecular complexity index is 1550. The van der Waals surface area contributed by atoms with Crippen LogP contribution in [-0.4, -0.2) is 34.3 Å². The number of carbonyl (C=O) groups is 3. The van der Waals surface area contributed by atoms with E-state index >= 15 is 0 Å². The minimum atomic E-state index is -0.469. The molecule has 5 aromatic rings. The van der Waals surface area contributed by atoms with Crippen molar-refractivity contribution in [2.24, 2.45) is 0 Å². The molecule has 5 rings (SSSR count). The summed E-state index contributed by atoms with van der Waals surface area (Å²) >= 11 is 2.70. The Morgan fingerprint density at radius 2 is 1.54 bits per heavy atom. The van der Waals surface area contributed by atoms with E-state index in [1.807, 2.05) is 65.2 Å². The van der Waals surface area contributed by atoms with Gasteiger partial charge in [0.25, 0.3) is 0 Å². The standard InChI is InChI=1S/C28H21NO4S2/c1-2-33-27(32)22-20-15-9-10-16-29(20)24-23(22)26(25(31)19-13-7-4-8-14-19)35-28(24)34-17-21(30)18-11-5-3-6-12-18/h3-16H,2,17H2,1H3. The fourth-order valence-corrected chi connectivity index (χ4v) is 6.47. The van der Waals surface area contributed by atoms with Gasteiger partial charge in [0.15, 0.2) is 5.78 Å². The lowest BCUT2D eigenvalue weighted by Gasteiger charge is -2.04. The van der Waals surface area contributed by atoms with Gasteiger partial charge in [-0.3, -0.25) is 9.59 Å². The summed E-state index contributed by atoms with van der Waals surface area (Å²) in [5, 5.41) is 0.572. The van der Waals surface area contributed by atoms with Gasteiger partial charge < -0.3 is 9.14 Å². The normalized spacial score (nSPS) is 11.1. The summed E-state index contributed by atoms with van der Waals surface area (Å²) in [6.45, 7) is 1.98. The van der Waals surface area contributed by atoms with Crippen LogP contribution in [-0.2, 0) is 4.74 Å². The molecule has 0 fully saturated rings. The molecule has 0 bridgehead atoms. The van der Waals surface area contributed by atoms with E-state index in [0.717, 1.165) is 9.73 Å². The molecule has 0 amide bonds. The number of hydrogen-bond donors (Lipinski definition) is 0. The van der Waals surface area contributed by atoms with Crippen molar-refractivity contribution in [1.29, 1.82) is 0 Å². The number of aromatic nitrogens is 1. The van der Waals surface area contributed by atoms with Gasteiger partial charge in [0.2, 0.25) is 5.78 Å². The second-order valence-corrected chi connectivity index (χ2v) is 10.0. The summed E-state index contributed by atoms with van der Waals surface area (Å²) in [5.41, 5.74) is 2.97. The Hall–Kier alpha value is -3.68. The smallest absolute Gasteiger partial charge is 0.341 e. The number of carbonyl (C=O) groups excluding carboxylic acids is 3. The average molecular weight is 500 g/mol. The third-order valence-electron chi connectivity index (χ3n) is 5.61. The van der Waals surface area contributed by atoms with Crippen LogP contribution < -0.4 is 0 Å². The molecule has 0 saturated carbocycles. The second kappa shape index (κ2) is 9.90. The molecule has 0 aliphatic heterocycles. The maximum atomic E-state index is 13.6. The molecule has 0 N–H and O–H groups in total. The molecular weight excluding hydrogens is 478 g/mol. The quantitative estimate of drug-likeness (QED) is 0.138. The van der Waals surface area contributed by atoms with Gasteiger partial charge in [-0.05, 0) is 19.1 Å². The summed E-state index contributed by atoms with van der Waals surface area (Å²) in [7, 11) is 0. The molecule has 0 aliphatic carbocycles. The van der Waals surface area contributed by atoms with Gasteiger partial charge in [-0.2, -0.15) is 0 Å². The SMILES string of the molecule is CCOC(=O)c1c2c(C(=O)c3ccccc3)sc(SCC(=O)c3ccccc3)c2n2ccccc12. The first-order valence-corrected chi connectivity index (χ1v) is 12.9. The molecule has 0 unspecified atom stereocenters. The first-order chi connectivity index (χ1) is 17.1. The molecule has 3 aromatic heterocycles. The Balaban J connectivity index is 1.69. The molecule has 0 radical (unpaired) electrons. The molecule has 35 heavy (non-hydrogen) atoms. The fraction of sp³-hybridized carbons (Fsp3) is 0.107. The number of thioether (sulfide) groups is 1. The number of esters is 1. The van der Waals surface area contributed by atoms with Crippen LogP contribution in [0, 0.1) is 0 Å². The van der Waals surface area contributed by atoms with E-state index in [2.05, 4.69) is 0 Å². The maximum Gasteiger partial charge on any atom is 0.341 e. The van der Waals surface area contributed by atoms with Crippen molar-refractivity contribution in [2.45, 2.75) is 11.1 Å². The highest BCUT2D eigenvalue weighted by Crippen LogP contribution is 2.44. The number of benzene rings is 2. The number of fused-ring (bicyclic) bond motifs is 3. The monoisotopic (exact) mass is 499 g/mol. The largest absolute Gasteiger partial charge is 0.462 e. The Morgan fingerprint density at radius 3 is 2.23 bits per heavy atom. The predicted molar refractivity (Wildman–Crippen MR) is 140 cm³/mol. The number of rotatable bonds is 8. The summed E-state index contributed by atoms with van der Waals surface area (Å²) in [4.78, 5) is 40.0. The van der Waals surface area contributed by atoms with Gasteiger partial charge in [0.1, 0.15) is 0 Å². The number of pyridine rings is 1. The lowest BCUT2D eigenvalue weighted by Crippen LogP contribution is -2.06. The van der Waals surface area contributed by atoms with Crippen molar-refractivity contribution < 1.29 is 19.1 Å². The maximum absolute atomic E-state index is 13.6. The summed E-state index contributed by atoms with van der Waals surface area (Å²) in [5.74, 6) is -0.418. The lowest BCUT2D eigenvalue weighted by atomic mass is 10.1. The highest BCUT2D eigenvalue weighted by Gasteiger charge is 2.29. The van der Waals surface area contributed by atoms with Crippen LogP contribution in [0.1, 0.15) is 42.9 Å². The van der Waals surface area contributed by atoms with Crippen LogP contribution in [0.3, 0.4) is 0 Å². The summed E-state index contributed by atoms with van der Waals surface area (Å²) in [6.07, 6.45) is 1.87. The number of nitrogens with zero attached hydrogens (tertiary/aromatic N) is 1. The van der Waals surface area contributed by atoms with Crippen molar-refractivity contribution in [3.63, 3.8) is 0 Å². The predicted octanol–water partition coefficient (Wildman–Crippen LogP) is 6.54. The minimum absolute atomic E-state index is 0.000404. The topological polar surface area (TPSA) is 64.9 Å². The van der Waals surface area contributed by atoms with Gasteiger partial charge in [-0.15, -0.1) is 23.1 Å². The van der Waals surface area contributed by atoms with Crippen LogP contribution >= 0.6 is 23.1 Å². The lowest BCUT2D eigenvalue weighted by molar-refractivity contribution is 0.0530. The van der Waals surface area contributed by atoms with Crippen molar-refractivity contribution in [2.75, 3.05) is 12.4 Å². The molecule has 3 heterocycles. The Morgan fingerprint density at radius 1 is 0.886 bits per heavy atom. The molecule has 174 valence electrons. The molecule has 2 aromatic carbocycles. The van der Waals surface area contributed by atoms with E-state index in [-0.39, 0.29) is 23.9 Å². The van der Waals surface area contributed by atoms with Crippen LogP contribution in [0.15, 0.2) is 89.3 Å². The van der Waals surface area contributed by atoms with Crippen LogP contribution in [0.2, 0.25) is 0 Å². The highest BCUT2D eigenvalue weighted by molar-refractivity contribution is 8.02.